The molecule has 1 aromatic rings. The van der Waals surface area contributed by atoms with Crippen molar-refractivity contribution >= 4 is 17.4 Å². The Kier molecular flexibility index (Phi) is 2.47. The minimum atomic E-state index is -0.357. The van der Waals surface area contributed by atoms with Gasteiger partial charge in [-0.3, -0.25) is 4.79 Å². The van der Waals surface area contributed by atoms with Gasteiger partial charge in [-0.05, 0) is 18.0 Å². The molecule has 0 atom stereocenters. The van der Waals surface area contributed by atoms with E-state index < -0.39 is 0 Å². The van der Waals surface area contributed by atoms with E-state index in [1.54, 1.807) is 4.90 Å². The van der Waals surface area contributed by atoms with Gasteiger partial charge in [-0.15, -0.1) is 5.10 Å². The van der Waals surface area contributed by atoms with E-state index in [0.717, 1.165) is 17.2 Å². The molecule has 0 aromatic carbocycles. The minimum Gasteiger partial charge on any atom is -0.389 e. The van der Waals surface area contributed by atoms with Crippen LogP contribution >= 0.6 is 11.5 Å². The summed E-state index contributed by atoms with van der Waals surface area (Å²) >= 11 is 1.13. The van der Waals surface area contributed by atoms with Crippen molar-refractivity contribution in [2.75, 3.05) is 13.1 Å². The van der Waals surface area contributed by atoms with Crippen LogP contribution in [0, 0.1) is 0 Å². The SMILES string of the molecule is CCc1nnsc1C(=O)N1CC(O)C1. The van der Waals surface area contributed by atoms with Gasteiger partial charge in [0.15, 0.2) is 0 Å². The number of hydrogen-bond acceptors (Lipinski definition) is 5. The van der Waals surface area contributed by atoms with Crippen molar-refractivity contribution in [2.45, 2.75) is 19.4 Å². The number of aliphatic hydroxyl groups is 1. The Bertz CT molecular complexity index is 346. The van der Waals surface area contributed by atoms with Crippen molar-refractivity contribution in [1.29, 1.82) is 0 Å². The lowest BCUT2D eigenvalue weighted by Gasteiger charge is -2.35. The number of aliphatic hydroxyl groups excluding tert-OH is 1. The fourth-order valence-electron chi connectivity index (χ4n) is 1.37. The van der Waals surface area contributed by atoms with Crippen molar-refractivity contribution in [3.05, 3.63) is 10.6 Å². The van der Waals surface area contributed by atoms with Gasteiger partial charge in [0.25, 0.3) is 5.91 Å². The minimum absolute atomic E-state index is 0.0536. The Morgan fingerprint density at radius 2 is 2.43 bits per heavy atom. The van der Waals surface area contributed by atoms with Gasteiger partial charge in [0, 0.05) is 13.1 Å². The molecule has 0 bridgehead atoms. The standard InChI is InChI=1S/C8H11N3O2S/c1-2-6-7(14-10-9-6)8(13)11-3-5(12)4-11/h5,12H,2-4H2,1H3. The maximum Gasteiger partial charge on any atom is 0.267 e. The van der Waals surface area contributed by atoms with E-state index in [4.69, 9.17) is 5.11 Å². The number of aromatic nitrogens is 2. The monoisotopic (exact) mass is 213 g/mol. The van der Waals surface area contributed by atoms with E-state index in [2.05, 4.69) is 9.59 Å². The topological polar surface area (TPSA) is 66.3 Å². The summed E-state index contributed by atoms with van der Waals surface area (Å²) in [5.41, 5.74) is 0.751. The predicted octanol–water partition coefficient (Wildman–Crippen LogP) is -0.0828. The van der Waals surface area contributed by atoms with Gasteiger partial charge in [0.05, 0.1) is 11.8 Å². The van der Waals surface area contributed by atoms with Gasteiger partial charge in [-0.2, -0.15) is 0 Å². The molecule has 0 spiro atoms. The normalized spacial score (nSPS) is 16.9. The molecule has 1 aliphatic heterocycles. The first-order valence-electron chi connectivity index (χ1n) is 4.51. The second kappa shape index (κ2) is 3.62. The summed E-state index contributed by atoms with van der Waals surface area (Å²) in [4.78, 5) is 14.0. The molecule has 0 saturated carbocycles. The number of rotatable bonds is 2. The number of nitrogens with zero attached hydrogens (tertiary/aromatic N) is 3. The number of likely N-dealkylation sites (tertiary alicyclic amines) is 1. The first-order chi connectivity index (χ1) is 6.72. The lowest BCUT2D eigenvalue weighted by atomic mass is 10.1. The summed E-state index contributed by atoms with van der Waals surface area (Å²) in [5.74, 6) is -0.0536. The zero-order chi connectivity index (χ0) is 10.1. The number of hydrogen-bond donors (Lipinski definition) is 1. The highest BCUT2D eigenvalue weighted by Gasteiger charge is 2.31. The van der Waals surface area contributed by atoms with Gasteiger partial charge >= 0.3 is 0 Å². The Balaban J connectivity index is 2.11. The number of β-amino-alcohol motifs (C(OH)–C–C–N with tert-alkyl or cyclic N) is 1. The summed E-state index contributed by atoms with van der Waals surface area (Å²) in [6.45, 7) is 2.80. The smallest absolute Gasteiger partial charge is 0.267 e. The molecule has 76 valence electrons. The summed E-state index contributed by atoms with van der Waals surface area (Å²) in [5, 5.41) is 12.9. The molecule has 1 N–H and O–H groups in total. The van der Waals surface area contributed by atoms with Crippen LogP contribution < -0.4 is 0 Å². The van der Waals surface area contributed by atoms with Gasteiger partial charge < -0.3 is 10.0 Å². The zero-order valence-corrected chi connectivity index (χ0v) is 8.62. The molecule has 1 saturated heterocycles. The van der Waals surface area contributed by atoms with E-state index in [0.29, 0.717) is 24.4 Å². The first-order valence-corrected chi connectivity index (χ1v) is 5.28. The average molecular weight is 213 g/mol. The number of aryl methyl sites for hydroxylation is 1. The Labute approximate surface area is 85.5 Å². The molecule has 5 nitrogen and oxygen atoms in total. The highest BCUT2D eigenvalue weighted by Crippen LogP contribution is 2.18. The quantitative estimate of drug-likeness (QED) is 0.746. The molecule has 2 rings (SSSR count). The Morgan fingerprint density at radius 3 is 3.00 bits per heavy atom. The maximum atomic E-state index is 11.8. The van der Waals surface area contributed by atoms with Crippen LogP contribution in [-0.4, -0.2) is 44.7 Å². The Hall–Kier alpha value is -1.01. The van der Waals surface area contributed by atoms with E-state index in [1.807, 2.05) is 6.92 Å². The molecule has 14 heavy (non-hydrogen) atoms. The molecule has 1 fully saturated rings. The summed E-state index contributed by atoms with van der Waals surface area (Å²) in [6.07, 6.45) is 0.360. The Morgan fingerprint density at radius 1 is 1.71 bits per heavy atom. The fourth-order valence-corrected chi connectivity index (χ4v) is 2.09. The van der Waals surface area contributed by atoms with Gasteiger partial charge in [-0.1, -0.05) is 11.4 Å². The number of carbonyl (C=O) groups excluding carboxylic acids is 1. The van der Waals surface area contributed by atoms with Crippen molar-refractivity contribution < 1.29 is 9.90 Å². The lowest BCUT2D eigenvalue weighted by Crippen LogP contribution is -2.53. The van der Waals surface area contributed by atoms with Crippen molar-refractivity contribution in [2.24, 2.45) is 0 Å². The van der Waals surface area contributed by atoms with Crippen LogP contribution in [0.5, 0.6) is 0 Å². The van der Waals surface area contributed by atoms with Crippen LogP contribution in [0.25, 0.3) is 0 Å². The molecule has 0 radical (unpaired) electrons. The third-order valence-electron chi connectivity index (χ3n) is 2.23. The van der Waals surface area contributed by atoms with E-state index in [-0.39, 0.29) is 12.0 Å². The van der Waals surface area contributed by atoms with E-state index in [1.165, 1.54) is 0 Å². The van der Waals surface area contributed by atoms with Crippen LogP contribution in [0.4, 0.5) is 0 Å². The van der Waals surface area contributed by atoms with Crippen LogP contribution in [0.3, 0.4) is 0 Å². The summed E-state index contributed by atoms with van der Waals surface area (Å²) in [7, 11) is 0. The molecular weight excluding hydrogens is 202 g/mol. The molecule has 0 unspecified atom stereocenters. The second-order valence-electron chi connectivity index (χ2n) is 3.27. The molecular formula is C8H11N3O2S. The van der Waals surface area contributed by atoms with Crippen LogP contribution in [0.15, 0.2) is 0 Å². The number of carbonyl (C=O) groups is 1. The van der Waals surface area contributed by atoms with Crippen molar-refractivity contribution in [1.82, 2.24) is 14.5 Å². The molecule has 2 heterocycles. The largest absolute Gasteiger partial charge is 0.389 e. The fraction of sp³-hybridized carbons (Fsp3) is 0.625. The summed E-state index contributed by atoms with van der Waals surface area (Å²) < 4.78 is 3.76. The molecule has 1 aromatic heterocycles. The van der Waals surface area contributed by atoms with Crippen molar-refractivity contribution in [3.8, 4) is 0 Å². The highest BCUT2D eigenvalue weighted by atomic mass is 32.1. The van der Waals surface area contributed by atoms with Gasteiger partial charge in [0.1, 0.15) is 4.88 Å². The maximum absolute atomic E-state index is 11.8. The van der Waals surface area contributed by atoms with Crippen LogP contribution in [-0.2, 0) is 6.42 Å². The van der Waals surface area contributed by atoms with E-state index >= 15 is 0 Å². The average Bonchev–Trinajstić information content (AvgIpc) is 2.59. The van der Waals surface area contributed by atoms with Gasteiger partial charge in [-0.25, -0.2) is 0 Å². The highest BCUT2D eigenvalue weighted by molar-refractivity contribution is 7.08. The molecule has 1 aliphatic rings. The third-order valence-corrected chi connectivity index (χ3v) is 2.99. The summed E-state index contributed by atoms with van der Waals surface area (Å²) in [6, 6.07) is 0. The zero-order valence-electron chi connectivity index (χ0n) is 7.80. The third kappa shape index (κ3) is 1.51. The number of amides is 1. The van der Waals surface area contributed by atoms with Crippen molar-refractivity contribution in [3.63, 3.8) is 0 Å². The van der Waals surface area contributed by atoms with Crippen LogP contribution in [0.2, 0.25) is 0 Å². The molecule has 6 heteroatoms. The molecule has 1 amide bonds. The second-order valence-corrected chi connectivity index (χ2v) is 4.02. The lowest BCUT2D eigenvalue weighted by molar-refractivity contribution is 0.00614. The first kappa shape index (κ1) is 9.54. The van der Waals surface area contributed by atoms with E-state index in [9.17, 15) is 4.79 Å². The van der Waals surface area contributed by atoms with Gasteiger partial charge in [0.2, 0.25) is 0 Å². The molecule has 0 aliphatic carbocycles. The van der Waals surface area contributed by atoms with Crippen LogP contribution in [0.1, 0.15) is 22.3 Å². The predicted molar refractivity (Wildman–Crippen MR) is 51.2 cm³/mol.